The van der Waals surface area contributed by atoms with E-state index in [1.165, 1.54) is 0 Å². The summed E-state index contributed by atoms with van der Waals surface area (Å²) >= 11 is 0. The lowest BCUT2D eigenvalue weighted by Gasteiger charge is -2.00. The lowest BCUT2D eigenvalue weighted by atomic mass is 10.3. The summed E-state index contributed by atoms with van der Waals surface area (Å²) in [5, 5.41) is 12.3. The highest BCUT2D eigenvalue weighted by atomic mass is 15.5. The summed E-state index contributed by atoms with van der Waals surface area (Å²) < 4.78 is 1.73. The third-order valence-electron chi connectivity index (χ3n) is 2.11. The second kappa shape index (κ2) is 2.70. The molecule has 0 aliphatic carbocycles. The number of fused-ring (bicyclic) bond motifs is 1. The van der Waals surface area contributed by atoms with E-state index in [-0.39, 0.29) is 0 Å². The zero-order valence-corrected chi connectivity index (χ0v) is 7.33. The number of allylic oxidation sites excluding steroid dienone is 2. The number of nitrogens with zero attached hydrogens (tertiary/aromatic N) is 4. The van der Waals surface area contributed by atoms with E-state index in [1.54, 1.807) is 10.9 Å². The van der Waals surface area contributed by atoms with Gasteiger partial charge in [0.2, 0.25) is 0 Å². The van der Waals surface area contributed by atoms with E-state index < -0.39 is 0 Å². The molecule has 2 heterocycles. The molecule has 0 N–H and O–H groups in total. The lowest BCUT2D eigenvalue weighted by Crippen LogP contribution is -2.04. The highest BCUT2D eigenvalue weighted by molar-refractivity contribution is 5.77. The fraction of sp³-hybridized carbons (Fsp3) is 0. The minimum Gasteiger partial charge on any atom is -0.237 e. The third kappa shape index (κ3) is 0.939. The Bertz CT molecular complexity index is 536. The SMILES string of the molecule is C1=C[N]C(n2nnc3ccccc32)=C1. The summed E-state index contributed by atoms with van der Waals surface area (Å²) in [4.78, 5) is 0. The number of para-hydroxylation sites is 1. The van der Waals surface area contributed by atoms with Gasteiger partial charge >= 0.3 is 0 Å². The molecule has 4 heteroatoms. The second-order valence-corrected chi connectivity index (χ2v) is 2.99. The Balaban J connectivity index is 2.22. The number of rotatable bonds is 1. The van der Waals surface area contributed by atoms with Gasteiger partial charge in [-0.15, -0.1) is 5.10 Å². The summed E-state index contributed by atoms with van der Waals surface area (Å²) in [7, 11) is 0. The van der Waals surface area contributed by atoms with Gasteiger partial charge in [-0.1, -0.05) is 17.3 Å². The monoisotopic (exact) mass is 183 g/mol. The number of hydrogen-bond donors (Lipinski definition) is 0. The maximum Gasteiger partial charge on any atom is 0.155 e. The van der Waals surface area contributed by atoms with Gasteiger partial charge in [-0.2, -0.15) is 4.68 Å². The third-order valence-corrected chi connectivity index (χ3v) is 2.11. The molecule has 2 aromatic rings. The molecule has 0 saturated carbocycles. The van der Waals surface area contributed by atoms with Crippen molar-refractivity contribution in [2.75, 3.05) is 0 Å². The molecular formula is C10H7N4. The topological polar surface area (TPSA) is 44.8 Å². The van der Waals surface area contributed by atoms with Crippen LogP contribution >= 0.6 is 0 Å². The predicted molar refractivity (Wildman–Crippen MR) is 53.1 cm³/mol. The van der Waals surface area contributed by atoms with Crippen LogP contribution in [0.1, 0.15) is 0 Å². The average molecular weight is 183 g/mol. The molecule has 0 spiro atoms. The van der Waals surface area contributed by atoms with Crippen LogP contribution in [0.4, 0.5) is 0 Å². The number of benzene rings is 1. The second-order valence-electron chi connectivity index (χ2n) is 2.99. The van der Waals surface area contributed by atoms with Crippen LogP contribution in [0.3, 0.4) is 0 Å². The highest BCUT2D eigenvalue weighted by Gasteiger charge is 2.09. The van der Waals surface area contributed by atoms with Gasteiger partial charge in [0.15, 0.2) is 5.82 Å². The Labute approximate surface area is 80.5 Å². The van der Waals surface area contributed by atoms with Crippen LogP contribution in [-0.4, -0.2) is 15.0 Å². The first-order valence-electron chi connectivity index (χ1n) is 4.34. The summed E-state index contributed by atoms with van der Waals surface area (Å²) in [6.07, 6.45) is 5.53. The van der Waals surface area contributed by atoms with Gasteiger partial charge < -0.3 is 0 Å². The smallest absolute Gasteiger partial charge is 0.155 e. The molecule has 3 rings (SSSR count). The molecule has 0 amide bonds. The Morgan fingerprint density at radius 3 is 2.93 bits per heavy atom. The van der Waals surface area contributed by atoms with E-state index in [2.05, 4.69) is 15.6 Å². The van der Waals surface area contributed by atoms with Crippen molar-refractivity contribution in [2.45, 2.75) is 0 Å². The zero-order valence-electron chi connectivity index (χ0n) is 7.33. The quantitative estimate of drug-likeness (QED) is 0.670. The molecule has 0 atom stereocenters. The summed E-state index contributed by atoms with van der Waals surface area (Å²) in [6, 6.07) is 7.82. The van der Waals surface area contributed by atoms with Crippen molar-refractivity contribution in [1.29, 1.82) is 0 Å². The Morgan fingerprint density at radius 1 is 1.14 bits per heavy atom. The Hall–Kier alpha value is -2.10. The van der Waals surface area contributed by atoms with Crippen molar-refractivity contribution in [2.24, 2.45) is 0 Å². The van der Waals surface area contributed by atoms with Crippen LogP contribution in [0.5, 0.6) is 0 Å². The maximum atomic E-state index is 4.17. The van der Waals surface area contributed by atoms with Gasteiger partial charge in [0.25, 0.3) is 0 Å². The van der Waals surface area contributed by atoms with Crippen molar-refractivity contribution in [3.8, 4) is 0 Å². The predicted octanol–water partition coefficient (Wildman–Crippen LogP) is 1.36. The molecule has 1 aromatic heterocycles. The van der Waals surface area contributed by atoms with Crippen molar-refractivity contribution in [3.05, 3.63) is 42.6 Å². The van der Waals surface area contributed by atoms with Crippen LogP contribution in [0.15, 0.2) is 42.6 Å². The van der Waals surface area contributed by atoms with Crippen LogP contribution < -0.4 is 5.32 Å². The van der Waals surface area contributed by atoms with E-state index in [0.717, 1.165) is 16.9 Å². The zero-order chi connectivity index (χ0) is 9.38. The largest absolute Gasteiger partial charge is 0.237 e. The van der Waals surface area contributed by atoms with Gasteiger partial charge in [-0.05, 0) is 24.3 Å². The van der Waals surface area contributed by atoms with Crippen LogP contribution in [0, 0.1) is 0 Å². The first kappa shape index (κ1) is 7.32. The molecular weight excluding hydrogens is 176 g/mol. The van der Waals surface area contributed by atoms with E-state index in [0.29, 0.717) is 0 Å². The van der Waals surface area contributed by atoms with Gasteiger partial charge in [0.05, 0.1) is 5.52 Å². The van der Waals surface area contributed by atoms with E-state index in [1.807, 2.05) is 36.4 Å². The fourth-order valence-electron chi connectivity index (χ4n) is 1.45. The lowest BCUT2D eigenvalue weighted by molar-refractivity contribution is 0.808. The van der Waals surface area contributed by atoms with E-state index >= 15 is 0 Å². The van der Waals surface area contributed by atoms with Crippen molar-refractivity contribution >= 4 is 16.9 Å². The Kier molecular flexibility index (Phi) is 1.41. The molecule has 0 unspecified atom stereocenters. The average Bonchev–Trinajstić information content (AvgIpc) is 2.85. The molecule has 1 aliphatic rings. The minimum atomic E-state index is 0.804. The van der Waals surface area contributed by atoms with Crippen LogP contribution in [-0.2, 0) is 0 Å². The fourth-order valence-corrected chi connectivity index (χ4v) is 1.45. The molecule has 1 aliphatic heterocycles. The molecule has 0 fully saturated rings. The standard InChI is InChI=1S/C10H7N4/c1-2-5-9-8(4-1)12-13-14(9)10-6-3-7-11-10/h1-7H. The first-order chi connectivity index (χ1) is 6.95. The summed E-state index contributed by atoms with van der Waals surface area (Å²) in [6.45, 7) is 0. The Morgan fingerprint density at radius 2 is 2.07 bits per heavy atom. The minimum absolute atomic E-state index is 0.804. The maximum absolute atomic E-state index is 4.17. The van der Waals surface area contributed by atoms with Gasteiger partial charge in [-0.25, -0.2) is 5.32 Å². The molecule has 67 valence electrons. The number of hydrogen-bond acceptors (Lipinski definition) is 2. The summed E-state index contributed by atoms with van der Waals surface area (Å²) in [5.74, 6) is 0.804. The first-order valence-corrected chi connectivity index (χ1v) is 4.34. The van der Waals surface area contributed by atoms with Gasteiger partial charge in [-0.3, -0.25) is 0 Å². The van der Waals surface area contributed by atoms with E-state index in [9.17, 15) is 0 Å². The number of aromatic nitrogens is 3. The van der Waals surface area contributed by atoms with Gasteiger partial charge in [0.1, 0.15) is 5.52 Å². The molecule has 14 heavy (non-hydrogen) atoms. The molecule has 0 bridgehead atoms. The van der Waals surface area contributed by atoms with Crippen LogP contribution in [0.2, 0.25) is 0 Å². The normalized spacial score (nSPS) is 14.4. The molecule has 1 radical (unpaired) electrons. The van der Waals surface area contributed by atoms with Crippen LogP contribution in [0.25, 0.3) is 16.9 Å². The molecule has 4 nitrogen and oxygen atoms in total. The van der Waals surface area contributed by atoms with Crippen molar-refractivity contribution in [3.63, 3.8) is 0 Å². The van der Waals surface area contributed by atoms with E-state index in [4.69, 9.17) is 0 Å². The summed E-state index contributed by atoms with van der Waals surface area (Å²) in [5.41, 5.74) is 1.86. The molecule has 0 saturated heterocycles. The van der Waals surface area contributed by atoms with Crippen molar-refractivity contribution < 1.29 is 0 Å². The van der Waals surface area contributed by atoms with Crippen molar-refractivity contribution in [1.82, 2.24) is 20.3 Å². The highest BCUT2D eigenvalue weighted by Crippen LogP contribution is 2.15. The molecule has 1 aromatic carbocycles. The van der Waals surface area contributed by atoms with Gasteiger partial charge in [0, 0.05) is 6.20 Å².